The maximum absolute atomic E-state index is 11.9. The largest absolute Gasteiger partial charge is 0.495 e. The average Bonchev–Trinajstić information content (AvgIpc) is 3.37. The summed E-state index contributed by atoms with van der Waals surface area (Å²) in [4.78, 5) is 21.7. The van der Waals surface area contributed by atoms with Crippen LogP contribution >= 0.6 is 0 Å². The smallest absolute Gasteiger partial charge is 0.414 e. The molecule has 0 radical (unpaired) electrons. The topological polar surface area (TPSA) is 66.9 Å². The number of para-hydroxylation sites is 1. The van der Waals surface area contributed by atoms with Gasteiger partial charge >= 0.3 is 6.09 Å². The van der Waals surface area contributed by atoms with Gasteiger partial charge in [0, 0.05) is 16.6 Å². The predicted molar refractivity (Wildman–Crippen MR) is 99.3 cm³/mol. The molecular weight excluding hydrogens is 330 g/mol. The Morgan fingerprint density at radius 1 is 1.23 bits per heavy atom. The maximum atomic E-state index is 11.9. The fraction of sp³-hybridized carbons (Fsp3) is 0.200. The number of amides is 1. The van der Waals surface area contributed by atoms with Gasteiger partial charge in [0.15, 0.2) is 0 Å². The molecular formula is C20H17N3O3. The highest BCUT2D eigenvalue weighted by molar-refractivity contribution is 6.16. The molecule has 0 saturated carbocycles. The molecule has 2 aromatic carbocycles. The van der Waals surface area contributed by atoms with Crippen molar-refractivity contribution in [2.45, 2.75) is 6.54 Å². The summed E-state index contributed by atoms with van der Waals surface area (Å²) >= 11 is 0. The number of ether oxygens (including phenoxy) is 2. The molecule has 26 heavy (non-hydrogen) atoms. The van der Waals surface area contributed by atoms with Crippen molar-refractivity contribution in [1.82, 2.24) is 4.98 Å². The normalized spacial score (nSPS) is 16.0. The fourth-order valence-electron chi connectivity index (χ4n) is 3.62. The lowest BCUT2D eigenvalue weighted by Gasteiger charge is -2.14. The highest BCUT2D eigenvalue weighted by Gasteiger charge is 2.26. The van der Waals surface area contributed by atoms with Gasteiger partial charge in [-0.15, -0.1) is 0 Å². The SMILES string of the molecule is COc1cccc2cc(C3=NCc4ccc(N5CCOC5=O)cc43)[nH]c12. The first-order valence-corrected chi connectivity index (χ1v) is 8.53. The molecule has 130 valence electrons. The van der Waals surface area contributed by atoms with Crippen LogP contribution in [0.15, 0.2) is 47.5 Å². The molecule has 1 saturated heterocycles. The summed E-state index contributed by atoms with van der Waals surface area (Å²) in [5.41, 5.74) is 5.86. The van der Waals surface area contributed by atoms with E-state index in [0.717, 1.165) is 44.9 Å². The van der Waals surface area contributed by atoms with Gasteiger partial charge in [0.1, 0.15) is 12.4 Å². The van der Waals surface area contributed by atoms with Crippen LogP contribution in [0.25, 0.3) is 10.9 Å². The fourth-order valence-corrected chi connectivity index (χ4v) is 3.62. The van der Waals surface area contributed by atoms with Crippen LogP contribution in [-0.2, 0) is 11.3 Å². The molecule has 3 aromatic rings. The van der Waals surface area contributed by atoms with Gasteiger partial charge in [0.25, 0.3) is 0 Å². The van der Waals surface area contributed by atoms with Gasteiger partial charge in [-0.1, -0.05) is 18.2 Å². The third-order valence-electron chi connectivity index (χ3n) is 4.92. The highest BCUT2D eigenvalue weighted by atomic mass is 16.6. The molecule has 5 rings (SSSR count). The molecule has 1 N–H and O–H groups in total. The number of cyclic esters (lactones) is 1. The Bertz CT molecular complexity index is 1070. The van der Waals surface area contributed by atoms with Crippen LogP contribution in [0.2, 0.25) is 0 Å². The van der Waals surface area contributed by atoms with E-state index in [2.05, 4.69) is 11.1 Å². The Hall–Kier alpha value is -3.28. The number of nitrogens with zero attached hydrogens (tertiary/aromatic N) is 2. The van der Waals surface area contributed by atoms with Gasteiger partial charge in [-0.05, 0) is 29.8 Å². The van der Waals surface area contributed by atoms with Crippen molar-refractivity contribution in [1.29, 1.82) is 0 Å². The summed E-state index contributed by atoms with van der Waals surface area (Å²) in [6.07, 6.45) is -0.295. The quantitative estimate of drug-likeness (QED) is 0.789. The number of nitrogens with one attached hydrogen (secondary N) is 1. The van der Waals surface area contributed by atoms with Crippen molar-refractivity contribution in [3.8, 4) is 5.75 Å². The number of aromatic amines is 1. The molecule has 0 unspecified atom stereocenters. The predicted octanol–water partition coefficient (Wildman–Crippen LogP) is 3.48. The van der Waals surface area contributed by atoms with E-state index in [1.807, 2.05) is 36.4 Å². The van der Waals surface area contributed by atoms with Gasteiger partial charge in [-0.3, -0.25) is 9.89 Å². The lowest BCUT2D eigenvalue weighted by atomic mass is 10.0. The second-order valence-electron chi connectivity index (χ2n) is 6.38. The Morgan fingerprint density at radius 3 is 2.96 bits per heavy atom. The number of fused-ring (bicyclic) bond motifs is 2. The number of rotatable bonds is 3. The van der Waals surface area contributed by atoms with Crippen molar-refractivity contribution in [3.05, 3.63) is 59.3 Å². The zero-order valence-corrected chi connectivity index (χ0v) is 14.3. The summed E-state index contributed by atoms with van der Waals surface area (Å²) in [5.74, 6) is 0.807. The molecule has 0 bridgehead atoms. The zero-order chi connectivity index (χ0) is 17.7. The van der Waals surface area contributed by atoms with Gasteiger partial charge in [0.05, 0.1) is 37.1 Å². The van der Waals surface area contributed by atoms with Gasteiger partial charge < -0.3 is 14.5 Å². The minimum Gasteiger partial charge on any atom is -0.495 e. The minimum atomic E-state index is -0.295. The van der Waals surface area contributed by atoms with Crippen LogP contribution in [0.5, 0.6) is 5.75 Å². The van der Waals surface area contributed by atoms with E-state index in [4.69, 9.17) is 14.5 Å². The van der Waals surface area contributed by atoms with Gasteiger partial charge in [-0.2, -0.15) is 0 Å². The summed E-state index contributed by atoms with van der Waals surface area (Å²) in [6.45, 7) is 1.65. The third kappa shape index (κ3) is 2.19. The number of hydrogen-bond donors (Lipinski definition) is 1. The van der Waals surface area contributed by atoms with Crippen LogP contribution < -0.4 is 9.64 Å². The first-order chi connectivity index (χ1) is 12.7. The van der Waals surface area contributed by atoms with E-state index in [0.29, 0.717) is 19.7 Å². The lowest BCUT2D eigenvalue weighted by Crippen LogP contribution is -2.23. The Labute approximate surface area is 150 Å². The number of methoxy groups -OCH3 is 1. The summed E-state index contributed by atoms with van der Waals surface area (Å²) < 4.78 is 10.5. The highest BCUT2D eigenvalue weighted by Crippen LogP contribution is 2.31. The first-order valence-electron chi connectivity index (χ1n) is 8.53. The monoisotopic (exact) mass is 347 g/mol. The number of H-pyrrole nitrogens is 1. The molecule has 6 nitrogen and oxygen atoms in total. The second kappa shape index (κ2) is 5.62. The molecule has 6 heteroatoms. The number of aliphatic imine (C=N–C) groups is 1. The number of aromatic nitrogens is 1. The molecule has 1 fully saturated rings. The van der Waals surface area contributed by atoms with E-state index in [1.54, 1.807) is 12.0 Å². The summed E-state index contributed by atoms with van der Waals surface area (Å²) in [5, 5.41) is 1.08. The molecule has 3 heterocycles. The van der Waals surface area contributed by atoms with Crippen LogP contribution in [0, 0.1) is 0 Å². The Morgan fingerprint density at radius 2 is 2.15 bits per heavy atom. The number of carbonyl (C=O) groups is 1. The van der Waals surface area contributed by atoms with Gasteiger partial charge in [-0.25, -0.2) is 4.79 Å². The van der Waals surface area contributed by atoms with Crippen molar-refractivity contribution in [2.75, 3.05) is 25.2 Å². The first kappa shape index (κ1) is 15.0. The molecule has 0 aliphatic carbocycles. The van der Waals surface area contributed by atoms with Crippen molar-refractivity contribution >= 4 is 28.4 Å². The molecule has 1 aromatic heterocycles. The minimum absolute atomic E-state index is 0.295. The number of hydrogen-bond acceptors (Lipinski definition) is 4. The van der Waals surface area contributed by atoms with Crippen LogP contribution in [0.4, 0.5) is 10.5 Å². The summed E-state index contributed by atoms with van der Waals surface area (Å²) in [6, 6.07) is 14.1. The number of benzene rings is 2. The molecule has 2 aliphatic rings. The summed E-state index contributed by atoms with van der Waals surface area (Å²) in [7, 11) is 1.67. The number of anilines is 1. The Balaban J connectivity index is 1.58. The second-order valence-corrected chi connectivity index (χ2v) is 6.38. The number of carbonyl (C=O) groups excluding carboxylic acids is 1. The maximum Gasteiger partial charge on any atom is 0.414 e. The van der Waals surface area contributed by atoms with Crippen LogP contribution in [0.1, 0.15) is 16.8 Å². The van der Waals surface area contributed by atoms with Crippen molar-refractivity contribution in [2.24, 2.45) is 4.99 Å². The average molecular weight is 347 g/mol. The van der Waals surface area contributed by atoms with E-state index < -0.39 is 0 Å². The van der Waals surface area contributed by atoms with Crippen molar-refractivity contribution in [3.63, 3.8) is 0 Å². The van der Waals surface area contributed by atoms with E-state index >= 15 is 0 Å². The zero-order valence-electron chi connectivity index (χ0n) is 14.3. The van der Waals surface area contributed by atoms with E-state index in [1.165, 1.54) is 0 Å². The van der Waals surface area contributed by atoms with Crippen LogP contribution in [-0.4, -0.2) is 37.1 Å². The standard InChI is InChI=1S/C20H17N3O3/c1-25-17-4-2-3-12-9-16(22-18(12)17)19-15-10-14(6-5-13(15)11-21-19)23-7-8-26-20(23)24/h2-6,9-10,22H,7-8,11H2,1H3. The lowest BCUT2D eigenvalue weighted by molar-refractivity contribution is 0.181. The van der Waals surface area contributed by atoms with E-state index in [-0.39, 0.29) is 6.09 Å². The van der Waals surface area contributed by atoms with E-state index in [9.17, 15) is 4.79 Å². The van der Waals surface area contributed by atoms with Gasteiger partial charge in [0.2, 0.25) is 0 Å². The molecule has 0 atom stereocenters. The van der Waals surface area contributed by atoms with Crippen LogP contribution in [0.3, 0.4) is 0 Å². The molecule has 1 amide bonds. The third-order valence-corrected chi connectivity index (χ3v) is 4.92. The van der Waals surface area contributed by atoms with Crippen molar-refractivity contribution < 1.29 is 14.3 Å². The Kier molecular flexibility index (Phi) is 3.25. The molecule has 0 spiro atoms. The molecule has 2 aliphatic heterocycles.